The average Bonchev–Trinajstić information content (AvgIpc) is 2.91. The molecule has 1 aromatic heterocycles. The van der Waals surface area contributed by atoms with E-state index in [4.69, 9.17) is 5.73 Å². The Bertz CT molecular complexity index is 349. The molecule has 3 nitrogen and oxygen atoms in total. The molecule has 2 atom stereocenters. The molecule has 2 rings (SSSR count). The van der Waals surface area contributed by atoms with Gasteiger partial charge in [-0.15, -0.1) is 0 Å². The van der Waals surface area contributed by atoms with E-state index in [-0.39, 0.29) is 0 Å². The van der Waals surface area contributed by atoms with Crippen LogP contribution in [0.15, 0.2) is 12.1 Å². The van der Waals surface area contributed by atoms with Crippen molar-refractivity contribution in [2.75, 3.05) is 11.1 Å². The van der Waals surface area contributed by atoms with Crippen LogP contribution in [0.1, 0.15) is 31.9 Å². The zero-order chi connectivity index (χ0) is 10.8. The molecule has 15 heavy (non-hydrogen) atoms. The molecule has 82 valence electrons. The number of pyridine rings is 1. The Kier molecular flexibility index (Phi) is 2.80. The first-order chi connectivity index (χ1) is 7.20. The summed E-state index contributed by atoms with van der Waals surface area (Å²) in [6, 6.07) is 4.46. The maximum absolute atomic E-state index is 5.86. The topological polar surface area (TPSA) is 50.9 Å². The quantitative estimate of drug-likeness (QED) is 0.794. The Balaban J connectivity index is 1.97. The van der Waals surface area contributed by atoms with Crippen LogP contribution in [0.2, 0.25) is 0 Å². The molecule has 3 heteroatoms. The van der Waals surface area contributed by atoms with Crippen molar-refractivity contribution in [2.45, 2.75) is 39.2 Å². The first kappa shape index (κ1) is 10.3. The first-order valence-electron chi connectivity index (χ1n) is 5.70. The van der Waals surface area contributed by atoms with E-state index >= 15 is 0 Å². The number of nitrogens with two attached hydrogens (primary N) is 1. The van der Waals surface area contributed by atoms with E-state index in [1.807, 2.05) is 19.1 Å². The summed E-state index contributed by atoms with van der Waals surface area (Å²) in [5, 5.41) is 3.42. The normalized spacial score (nSPS) is 23.9. The minimum Gasteiger partial charge on any atom is -0.396 e. The molecular formula is C12H19N3. The fourth-order valence-electron chi connectivity index (χ4n) is 1.97. The van der Waals surface area contributed by atoms with Gasteiger partial charge in [0.1, 0.15) is 5.82 Å². The summed E-state index contributed by atoms with van der Waals surface area (Å²) in [5.74, 6) is 1.69. The van der Waals surface area contributed by atoms with Gasteiger partial charge in [-0.1, -0.05) is 13.3 Å². The predicted molar refractivity (Wildman–Crippen MR) is 63.8 cm³/mol. The van der Waals surface area contributed by atoms with Crippen molar-refractivity contribution in [1.82, 2.24) is 4.98 Å². The number of anilines is 2. The van der Waals surface area contributed by atoms with Crippen molar-refractivity contribution in [3.8, 4) is 0 Å². The third kappa shape index (κ3) is 2.41. The van der Waals surface area contributed by atoms with E-state index in [9.17, 15) is 0 Å². The van der Waals surface area contributed by atoms with Crippen molar-refractivity contribution < 1.29 is 0 Å². The van der Waals surface area contributed by atoms with Crippen molar-refractivity contribution in [2.24, 2.45) is 5.92 Å². The van der Waals surface area contributed by atoms with E-state index in [2.05, 4.69) is 17.2 Å². The maximum atomic E-state index is 5.86. The minimum atomic E-state index is 0.599. The lowest BCUT2D eigenvalue weighted by molar-refractivity contribution is 0.692. The Labute approximate surface area is 91.1 Å². The number of rotatable bonds is 4. The summed E-state index contributed by atoms with van der Waals surface area (Å²) in [6.07, 6.45) is 3.84. The molecular weight excluding hydrogens is 186 g/mol. The number of aryl methyl sites for hydroxylation is 1. The van der Waals surface area contributed by atoms with Gasteiger partial charge in [-0.25, -0.2) is 4.98 Å². The zero-order valence-corrected chi connectivity index (χ0v) is 9.46. The molecule has 0 radical (unpaired) electrons. The van der Waals surface area contributed by atoms with E-state index in [1.54, 1.807) is 0 Å². The van der Waals surface area contributed by atoms with Gasteiger partial charge < -0.3 is 11.1 Å². The average molecular weight is 205 g/mol. The Morgan fingerprint density at radius 3 is 3.07 bits per heavy atom. The Hall–Kier alpha value is -1.25. The first-order valence-corrected chi connectivity index (χ1v) is 5.70. The summed E-state index contributed by atoms with van der Waals surface area (Å²) in [4.78, 5) is 4.41. The molecule has 1 aliphatic rings. The lowest BCUT2D eigenvalue weighted by atomic mass is 10.2. The summed E-state index contributed by atoms with van der Waals surface area (Å²) in [7, 11) is 0. The van der Waals surface area contributed by atoms with E-state index in [1.165, 1.54) is 19.3 Å². The highest BCUT2D eigenvalue weighted by atomic mass is 15.1. The SMILES string of the molecule is CCCC1CC1Nc1nc(C)ccc1N. The molecule has 2 unspecified atom stereocenters. The zero-order valence-electron chi connectivity index (χ0n) is 9.46. The van der Waals surface area contributed by atoms with Gasteiger partial charge in [0.05, 0.1) is 5.69 Å². The second-order valence-electron chi connectivity index (χ2n) is 4.43. The van der Waals surface area contributed by atoms with Crippen molar-refractivity contribution >= 4 is 11.5 Å². The van der Waals surface area contributed by atoms with Crippen molar-refractivity contribution in [1.29, 1.82) is 0 Å². The van der Waals surface area contributed by atoms with Gasteiger partial charge in [-0.2, -0.15) is 0 Å². The molecule has 0 aromatic carbocycles. The van der Waals surface area contributed by atoms with Crippen LogP contribution in [0.3, 0.4) is 0 Å². The monoisotopic (exact) mass is 205 g/mol. The number of hydrogen-bond acceptors (Lipinski definition) is 3. The van der Waals surface area contributed by atoms with Crippen LogP contribution in [0, 0.1) is 12.8 Å². The highest BCUT2D eigenvalue weighted by molar-refractivity contribution is 5.62. The number of hydrogen-bond donors (Lipinski definition) is 2. The Morgan fingerprint density at radius 2 is 2.33 bits per heavy atom. The molecule has 0 saturated heterocycles. The van der Waals surface area contributed by atoms with Gasteiger partial charge >= 0.3 is 0 Å². The van der Waals surface area contributed by atoms with Crippen LogP contribution in [0.5, 0.6) is 0 Å². The van der Waals surface area contributed by atoms with Gasteiger partial charge in [-0.05, 0) is 37.8 Å². The fourth-order valence-corrected chi connectivity index (χ4v) is 1.97. The lowest BCUT2D eigenvalue weighted by Crippen LogP contribution is -2.09. The van der Waals surface area contributed by atoms with Gasteiger partial charge in [0.25, 0.3) is 0 Å². The highest BCUT2D eigenvalue weighted by Crippen LogP contribution is 2.37. The molecule has 1 aromatic rings. The highest BCUT2D eigenvalue weighted by Gasteiger charge is 2.36. The maximum Gasteiger partial charge on any atom is 0.149 e. The van der Waals surface area contributed by atoms with Crippen LogP contribution in [0.25, 0.3) is 0 Å². The third-order valence-electron chi connectivity index (χ3n) is 2.97. The van der Waals surface area contributed by atoms with E-state index in [0.29, 0.717) is 6.04 Å². The second kappa shape index (κ2) is 4.09. The van der Waals surface area contributed by atoms with Crippen LogP contribution >= 0.6 is 0 Å². The lowest BCUT2D eigenvalue weighted by Gasteiger charge is -2.08. The molecule has 1 saturated carbocycles. The van der Waals surface area contributed by atoms with Gasteiger partial charge in [0.2, 0.25) is 0 Å². The molecule has 0 aliphatic heterocycles. The third-order valence-corrected chi connectivity index (χ3v) is 2.97. The smallest absolute Gasteiger partial charge is 0.149 e. The molecule has 0 bridgehead atoms. The second-order valence-corrected chi connectivity index (χ2v) is 4.43. The number of nitrogens with zero attached hydrogens (tertiary/aromatic N) is 1. The van der Waals surface area contributed by atoms with Crippen molar-refractivity contribution in [3.63, 3.8) is 0 Å². The molecule has 0 amide bonds. The number of nitrogen functional groups attached to an aromatic ring is 1. The predicted octanol–water partition coefficient (Wildman–Crippen LogP) is 2.57. The van der Waals surface area contributed by atoms with E-state index < -0.39 is 0 Å². The number of aromatic nitrogens is 1. The summed E-state index contributed by atoms with van der Waals surface area (Å²) in [5.41, 5.74) is 7.63. The van der Waals surface area contributed by atoms with Crippen LogP contribution in [-0.2, 0) is 0 Å². The molecule has 0 spiro atoms. The number of nitrogens with one attached hydrogen (secondary N) is 1. The molecule has 1 aliphatic carbocycles. The molecule has 1 heterocycles. The fraction of sp³-hybridized carbons (Fsp3) is 0.583. The largest absolute Gasteiger partial charge is 0.396 e. The standard InChI is InChI=1S/C12H19N3/c1-3-4-9-7-11(9)15-12-10(13)6-5-8(2)14-12/h5-6,9,11H,3-4,7,13H2,1-2H3,(H,14,15). The summed E-state index contributed by atoms with van der Waals surface area (Å²) >= 11 is 0. The minimum absolute atomic E-state index is 0.599. The molecule has 1 fully saturated rings. The molecule has 3 N–H and O–H groups in total. The Morgan fingerprint density at radius 1 is 1.53 bits per heavy atom. The van der Waals surface area contributed by atoms with Gasteiger partial charge in [0, 0.05) is 11.7 Å². The van der Waals surface area contributed by atoms with Crippen LogP contribution in [0.4, 0.5) is 11.5 Å². The van der Waals surface area contributed by atoms with Crippen LogP contribution < -0.4 is 11.1 Å². The van der Waals surface area contributed by atoms with Crippen molar-refractivity contribution in [3.05, 3.63) is 17.8 Å². The van der Waals surface area contributed by atoms with Crippen LogP contribution in [-0.4, -0.2) is 11.0 Å². The van der Waals surface area contributed by atoms with E-state index in [0.717, 1.165) is 23.1 Å². The van der Waals surface area contributed by atoms with Gasteiger partial charge in [-0.3, -0.25) is 0 Å². The van der Waals surface area contributed by atoms with Gasteiger partial charge in [0.15, 0.2) is 0 Å². The summed E-state index contributed by atoms with van der Waals surface area (Å²) < 4.78 is 0. The summed E-state index contributed by atoms with van der Waals surface area (Å²) in [6.45, 7) is 4.22.